The third kappa shape index (κ3) is 4.40. The Hall–Kier alpha value is -3.13. The summed E-state index contributed by atoms with van der Waals surface area (Å²) in [6.45, 7) is 3.95. The molecule has 2 aromatic carbocycles. The van der Waals surface area contributed by atoms with Crippen molar-refractivity contribution in [3.63, 3.8) is 0 Å². The van der Waals surface area contributed by atoms with Crippen LogP contribution in [0, 0.1) is 0 Å². The van der Waals surface area contributed by atoms with Crippen molar-refractivity contribution < 1.29 is 23.7 Å². The van der Waals surface area contributed by atoms with E-state index < -0.39 is 0 Å². The van der Waals surface area contributed by atoms with Crippen LogP contribution in [0.1, 0.15) is 0 Å². The molecule has 2 heterocycles. The van der Waals surface area contributed by atoms with E-state index in [0.29, 0.717) is 43.6 Å². The summed E-state index contributed by atoms with van der Waals surface area (Å²) < 4.78 is 21.6. The van der Waals surface area contributed by atoms with E-state index in [2.05, 4.69) is 15.5 Å². The van der Waals surface area contributed by atoms with Gasteiger partial charge in [0.1, 0.15) is 12.4 Å². The number of hydrogen-bond acceptors (Lipinski definition) is 6. The number of amides is 2. The number of fused-ring (bicyclic) bond motifs is 1. The minimum absolute atomic E-state index is 0.229. The molecular weight excluding hydrogens is 362 g/mol. The van der Waals surface area contributed by atoms with E-state index in [9.17, 15) is 4.79 Å². The minimum Gasteiger partial charge on any atom is -0.492 e. The van der Waals surface area contributed by atoms with Crippen LogP contribution in [0.2, 0.25) is 0 Å². The van der Waals surface area contributed by atoms with Crippen LogP contribution in [-0.2, 0) is 4.74 Å². The number of benzene rings is 2. The van der Waals surface area contributed by atoms with Gasteiger partial charge in [-0.05, 0) is 24.3 Å². The molecule has 8 heteroatoms. The molecule has 2 N–H and O–H groups in total. The van der Waals surface area contributed by atoms with Crippen LogP contribution in [0.15, 0.2) is 42.5 Å². The summed E-state index contributed by atoms with van der Waals surface area (Å²) in [6, 6.07) is 12.9. The van der Waals surface area contributed by atoms with Crippen molar-refractivity contribution in [3.05, 3.63) is 42.5 Å². The van der Waals surface area contributed by atoms with Crippen LogP contribution < -0.4 is 29.7 Å². The number of para-hydroxylation sites is 2. The first-order valence-corrected chi connectivity index (χ1v) is 9.28. The van der Waals surface area contributed by atoms with Crippen molar-refractivity contribution in [2.24, 2.45) is 0 Å². The van der Waals surface area contributed by atoms with Crippen molar-refractivity contribution in [3.8, 4) is 17.2 Å². The molecular formula is C20H23N3O5. The zero-order chi connectivity index (χ0) is 19.2. The van der Waals surface area contributed by atoms with Crippen molar-refractivity contribution in [1.29, 1.82) is 0 Å². The highest BCUT2D eigenvalue weighted by atomic mass is 16.7. The Morgan fingerprint density at radius 1 is 1.07 bits per heavy atom. The van der Waals surface area contributed by atoms with Crippen LogP contribution >= 0.6 is 0 Å². The summed E-state index contributed by atoms with van der Waals surface area (Å²) in [5.41, 5.74) is 1.77. The van der Waals surface area contributed by atoms with Crippen molar-refractivity contribution >= 4 is 17.4 Å². The molecule has 2 aliphatic rings. The summed E-state index contributed by atoms with van der Waals surface area (Å²) in [5, 5.41) is 5.73. The number of ether oxygens (including phenoxy) is 4. The molecule has 8 nitrogen and oxygen atoms in total. The standard InChI is InChI=1S/C20H23N3O5/c24-20(21-7-10-26-15-5-6-18-19(13-15)28-14-27-18)22-16-3-1-2-4-17(16)23-8-11-25-12-9-23/h1-6,13H,7-12,14H2,(H2,21,22,24). The highest BCUT2D eigenvalue weighted by molar-refractivity contribution is 5.93. The number of rotatable bonds is 6. The summed E-state index contributed by atoms with van der Waals surface area (Å²) in [7, 11) is 0. The molecule has 0 radical (unpaired) electrons. The number of urea groups is 1. The Morgan fingerprint density at radius 3 is 2.79 bits per heavy atom. The van der Waals surface area contributed by atoms with E-state index in [1.54, 1.807) is 12.1 Å². The minimum atomic E-state index is -0.269. The van der Waals surface area contributed by atoms with Gasteiger partial charge in [0.2, 0.25) is 6.79 Å². The highest BCUT2D eigenvalue weighted by Gasteiger charge is 2.16. The van der Waals surface area contributed by atoms with E-state index >= 15 is 0 Å². The number of carbonyl (C=O) groups is 1. The predicted molar refractivity (Wildman–Crippen MR) is 105 cm³/mol. The maximum absolute atomic E-state index is 12.3. The van der Waals surface area contributed by atoms with Crippen molar-refractivity contribution in [2.75, 3.05) is 56.5 Å². The van der Waals surface area contributed by atoms with E-state index in [1.165, 1.54) is 0 Å². The SMILES string of the molecule is O=C(NCCOc1ccc2c(c1)OCO2)Nc1ccccc1N1CCOCC1. The number of nitrogens with one attached hydrogen (secondary N) is 2. The first kappa shape index (κ1) is 18.2. The Bertz CT molecular complexity index is 823. The fourth-order valence-electron chi connectivity index (χ4n) is 3.13. The fraction of sp³-hybridized carbons (Fsp3) is 0.350. The van der Waals surface area contributed by atoms with E-state index in [0.717, 1.165) is 24.5 Å². The van der Waals surface area contributed by atoms with Gasteiger partial charge in [-0.25, -0.2) is 4.79 Å². The lowest BCUT2D eigenvalue weighted by atomic mass is 10.2. The lowest BCUT2D eigenvalue weighted by Crippen LogP contribution is -2.37. The smallest absolute Gasteiger partial charge is 0.319 e. The number of nitrogens with zero attached hydrogens (tertiary/aromatic N) is 1. The summed E-state index contributed by atoms with van der Waals surface area (Å²) in [6.07, 6.45) is 0. The Kier molecular flexibility index (Phi) is 5.67. The lowest BCUT2D eigenvalue weighted by Gasteiger charge is -2.30. The number of morpholine rings is 1. The number of hydrogen-bond donors (Lipinski definition) is 2. The third-order valence-electron chi connectivity index (χ3n) is 4.50. The van der Waals surface area contributed by atoms with Crippen molar-refractivity contribution in [1.82, 2.24) is 5.32 Å². The van der Waals surface area contributed by atoms with Crippen LogP contribution in [0.25, 0.3) is 0 Å². The highest BCUT2D eigenvalue weighted by Crippen LogP contribution is 2.35. The molecule has 0 saturated carbocycles. The van der Waals surface area contributed by atoms with Crippen LogP contribution in [0.3, 0.4) is 0 Å². The Labute approximate surface area is 163 Å². The zero-order valence-corrected chi connectivity index (χ0v) is 15.5. The van der Waals surface area contributed by atoms with E-state index in [4.69, 9.17) is 18.9 Å². The molecule has 1 fully saturated rings. The third-order valence-corrected chi connectivity index (χ3v) is 4.50. The molecule has 0 aliphatic carbocycles. The second kappa shape index (κ2) is 8.71. The molecule has 2 aliphatic heterocycles. The van der Waals surface area contributed by atoms with Gasteiger partial charge >= 0.3 is 6.03 Å². The van der Waals surface area contributed by atoms with Gasteiger partial charge in [0, 0.05) is 19.2 Å². The molecule has 1 saturated heterocycles. The molecule has 0 spiro atoms. The van der Waals surface area contributed by atoms with Crippen molar-refractivity contribution in [2.45, 2.75) is 0 Å². The maximum Gasteiger partial charge on any atom is 0.319 e. The van der Waals surface area contributed by atoms with Crippen LogP contribution in [0.4, 0.5) is 16.2 Å². The first-order chi connectivity index (χ1) is 13.8. The molecule has 2 amide bonds. The summed E-state index contributed by atoms with van der Waals surface area (Å²) in [5.74, 6) is 2.05. The zero-order valence-electron chi connectivity index (χ0n) is 15.5. The van der Waals surface area contributed by atoms with E-state index in [1.807, 2.05) is 30.3 Å². The molecule has 4 rings (SSSR count). The monoisotopic (exact) mass is 385 g/mol. The van der Waals surface area contributed by atoms with Crippen LogP contribution in [0.5, 0.6) is 17.2 Å². The molecule has 2 aromatic rings. The summed E-state index contributed by atoms with van der Waals surface area (Å²) >= 11 is 0. The van der Waals surface area contributed by atoms with Gasteiger partial charge in [-0.2, -0.15) is 0 Å². The maximum atomic E-state index is 12.3. The number of anilines is 2. The van der Waals surface area contributed by atoms with Gasteiger partial charge in [0.25, 0.3) is 0 Å². The second-order valence-electron chi connectivity index (χ2n) is 6.36. The normalized spacial score (nSPS) is 15.2. The number of carbonyl (C=O) groups excluding carboxylic acids is 1. The predicted octanol–water partition coefficient (Wildman–Crippen LogP) is 2.45. The molecule has 0 atom stereocenters. The fourth-order valence-corrected chi connectivity index (χ4v) is 3.13. The first-order valence-electron chi connectivity index (χ1n) is 9.28. The second-order valence-corrected chi connectivity index (χ2v) is 6.36. The molecule has 28 heavy (non-hydrogen) atoms. The van der Waals surface area contributed by atoms with Gasteiger partial charge in [0.05, 0.1) is 31.1 Å². The molecule has 0 unspecified atom stereocenters. The summed E-state index contributed by atoms with van der Waals surface area (Å²) in [4.78, 5) is 14.5. The quantitative estimate of drug-likeness (QED) is 0.744. The van der Waals surface area contributed by atoms with Gasteiger partial charge in [-0.3, -0.25) is 0 Å². The van der Waals surface area contributed by atoms with Gasteiger partial charge in [-0.1, -0.05) is 12.1 Å². The molecule has 0 aromatic heterocycles. The van der Waals surface area contributed by atoms with Gasteiger partial charge < -0.3 is 34.5 Å². The van der Waals surface area contributed by atoms with E-state index in [-0.39, 0.29) is 12.8 Å². The average molecular weight is 385 g/mol. The van der Waals surface area contributed by atoms with Crippen LogP contribution in [-0.4, -0.2) is 52.3 Å². The molecule has 0 bridgehead atoms. The lowest BCUT2D eigenvalue weighted by molar-refractivity contribution is 0.123. The topological polar surface area (TPSA) is 81.3 Å². The Morgan fingerprint density at radius 2 is 1.89 bits per heavy atom. The van der Waals surface area contributed by atoms with Gasteiger partial charge in [0.15, 0.2) is 11.5 Å². The molecule has 148 valence electrons. The Balaban J connectivity index is 1.25. The average Bonchev–Trinajstić information content (AvgIpc) is 3.20. The van der Waals surface area contributed by atoms with Gasteiger partial charge in [-0.15, -0.1) is 0 Å². The largest absolute Gasteiger partial charge is 0.492 e.